The van der Waals surface area contributed by atoms with E-state index < -0.39 is 5.97 Å². The summed E-state index contributed by atoms with van der Waals surface area (Å²) >= 11 is 1.75. The molecule has 1 aliphatic heterocycles. The van der Waals surface area contributed by atoms with E-state index in [1.165, 1.54) is 0 Å². The summed E-state index contributed by atoms with van der Waals surface area (Å²) in [4.78, 5) is 10.6. The highest BCUT2D eigenvalue weighted by molar-refractivity contribution is 7.98. The number of carboxylic acids is 1. The van der Waals surface area contributed by atoms with E-state index in [1.54, 1.807) is 11.8 Å². The number of aryl methyl sites for hydroxylation is 1. The predicted molar refractivity (Wildman–Crippen MR) is 45.4 cm³/mol. The van der Waals surface area contributed by atoms with E-state index in [-0.39, 0.29) is 5.69 Å². The quantitative estimate of drug-likeness (QED) is 0.680. The average Bonchev–Trinajstić information content (AvgIpc) is 2.47. The molecule has 2 heterocycles. The summed E-state index contributed by atoms with van der Waals surface area (Å²) < 4.78 is 0. The Bertz CT molecular complexity index is 321. The summed E-state index contributed by atoms with van der Waals surface area (Å²) in [5.74, 6) is 0.886. The first-order chi connectivity index (χ1) is 5.79. The van der Waals surface area contributed by atoms with E-state index in [1.807, 2.05) is 0 Å². The number of thioether (sulfide) groups is 1. The minimum atomic E-state index is -0.935. The first-order valence-electron chi connectivity index (χ1n) is 3.66. The molecule has 0 spiro atoms. The molecule has 2 rings (SSSR count). The molecular weight excluding hydrogens is 176 g/mol. The van der Waals surface area contributed by atoms with E-state index in [4.69, 9.17) is 5.11 Å². The molecule has 1 aliphatic rings. The molecule has 0 unspecified atom stereocenters. The smallest absolute Gasteiger partial charge is 0.356 e. The van der Waals surface area contributed by atoms with Gasteiger partial charge in [0.15, 0.2) is 5.69 Å². The maximum atomic E-state index is 10.6. The van der Waals surface area contributed by atoms with Crippen molar-refractivity contribution >= 4 is 17.7 Å². The van der Waals surface area contributed by atoms with Crippen LogP contribution < -0.4 is 0 Å². The van der Waals surface area contributed by atoms with Crippen LogP contribution in [-0.4, -0.2) is 27.0 Å². The number of aromatic nitrogens is 2. The van der Waals surface area contributed by atoms with Gasteiger partial charge in [-0.05, 0) is 12.2 Å². The fourth-order valence-corrected chi connectivity index (χ4v) is 2.30. The largest absolute Gasteiger partial charge is 0.476 e. The summed E-state index contributed by atoms with van der Waals surface area (Å²) in [5, 5.41) is 15.3. The van der Waals surface area contributed by atoms with Gasteiger partial charge in [0.05, 0.1) is 0 Å². The lowest BCUT2D eigenvalue weighted by Gasteiger charge is -2.09. The van der Waals surface area contributed by atoms with Crippen LogP contribution in [0.1, 0.15) is 21.7 Å². The number of nitrogens with zero attached hydrogens (tertiary/aromatic N) is 1. The maximum Gasteiger partial charge on any atom is 0.356 e. The number of rotatable bonds is 1. The Morgan fingerprint density at radius 1 is 1.67 bits per heavy atom. The summed E-state index contributed by atoms with van der Waals surface area (Å²) in [7, 11) is 0. The lowest BCUT2D eigenvalue weighted by Crippen LogP contribution is -2.05. The van der Waals surface area contributed by atoms with Gasteiger partial charge in [0, 0.05) is 17.0 Å². The van der Waals surface area contributed by atoms with Gasteiger partial charge in [-0.2, -0.15) is 16.9 Å². The fraction of sp³-hybridized carbons (Fsp3) is 0.429. The summed E-state index contributed by atoms with van der Waals surface area (Å²) in [6.07, 6.45) is 0.903. The van der Waals surface area contributed by atoms with Crippen molar-refractivity contribution < 1.29 is 9.90 Å². The van der Waals surface area contributed by atoms with Gasteiger partial charge in [-0.25, -0.2) is 4.79 Å². The minimum absolute atomic E-state index is 0.192. The fourth-order valence-electron chi connectivity index (χ4n) is 1.29. The number of carboxylic acid groups (broad SMARTS) is 1. The molecule has 0 saturated carbocycles. The summed E-state index contributed by atoms with van der Waals surface area (Å²) in [6, 6.07) is 0. The number of aromatic amines is 1. The van der Waals surface area contributed by atoms with Crippen LogP contribution in [0.15, 0.2) is 0 Å². The number of hydrogen-bond acceptors (Lipinski definition) is 3. The van der Waals surface area contributed by atoms with Crippen LogP contribution in [0, 0.1) is 0 Å². The molecule has 12 heavy (non-hydrogen) atoms. The van der Waals surface area contributed by atoms with Crippen molar-refractivity contribution in [2.75, 3.05) is 5.75 Å². The van der Waals surface area contributed by atoms with Crippen LogP contribution in [0.3, 0.4) is 0 Å². The van der Waals surface area contributed by atoms with Gasteiger partial charge in [-0.15, -0.1) is 0 Å². The normalized spacial score (nSPS) is 15.7. The molecule has 0 fully saturated rings. The molecule has 0 radical (unpaired) electrons. The van der Waals surface area contributed by atoms with Gasteiger partial charge in [-0.3, -0.25) is 5.10 Å². The zero-order valence-electron chi connectivity index (χ0n) is 6.33. The van der Waals surface area contributed by atoms with Crippen LogP contribution >= 0.6 is 11.8 Å². The molecule has 1 aromatic heterocycles. The Hall–Kier alpha value is -0.970. The third-order valence-electron chi connectivity index (χ3n) is 1.90. The van der Waals surface area contributed by atoms with E-state index in [9.17, 15) is 4.79 Å². The van der Waals surface area contributed by atoms with Crippen LogP contribution in [0.4, 0.5) is 0 Å². The third kappa shape index (κ3) is 1.10. The molecule has 1 aromatic rings. The predicted octanol–water partition coefficient (Wildman–Crippen LogP) is 0.897. The van der Waals surface area contributed by atoms with Crippen LogP contribution in [0.25, 0.3) is 0 Å². The second kappa shape index (κ2) is 2.82. The van der Waals surface area contributed by atoms with Crippen molar-refractivity contribution in [1.29, 1.82) is 0 Å². The number of nitrogens with one attached hydrogen (secondary N) is 1. The van der Waals surface area contributed by atoms with Crippen molar-refractivity contribution in [3.63, 3.8) is 0 Å². The molecule has 0 saturated heterocycles. The Kier molecular flexibility index (Phi) is 1.80. The van der Waals surface area contributed by atoms with E-state index >= 15 is 0 Å². The third-order valence-corrected chi connectivity index (χ3v) is 2.88. The standard InChI is InChI=1S/C7H8N2O2S/c10-7(11)6-4-3-12-2-1-5(4)8-9-6/h1-3H2,(H,8,9)(H,10,11). The second-order valence-electron chi connectivity index (χ2n) is 2.64. The SMILES string of the molecule is O=C(O)c1n[nH]c2c1CSCC2. The molecule has 0 bridgehead atoms. The molecule has 4 nitrogen and oxygen atoms in total. The second-order valence-corrected chi connectivity index (χ2v) is 3.74. The van der Waals surface area contributed by atoms with Crippen LogP contribution in [-0.2, 0) is 12.2 Å². The lowest BCUT2D eigenvalue weighted by molar-refractivity contribution is 0.0689. The van der Waals surface area contributed by atoms with Gasteiger partial charge >= 0.3 is 5.97 Å². The van der Waals surface area contributed by atoms with Crippen molar-refractivity contribution in [3.8, 4) is 0 Å². The van der Waals surface area contributed by atoms with Gasteiger partial charge in [0.1, 0.15) is 0 Å². The molecule has 5 heteroatoms. The zero-order valence-corrected chi connectivity index (χ0v) is 7.15. The zero-order chi connectivity index (χ0) is 8.55. The molecule has 0 amide bonds. The summed E-state index contributed by atoms with van der Waals surface area (Å²) in [5.41, 5.74) is 2.06. The number of carbonyl (C=O) groups is 1. The molecule has 0 atom stereocenters. The van der Waals surface area contributed by atoms with Crippen LogP contribution in [0.2, 0.25) is 0 Å². The number of hydrogen-bond donors (Lipinski definition) is 2. The first-order valence-corrected chi connectivity index (χ1v) is 4.81. The Balaban J connectivity index is 2.44. The highest BCUT2D eigenvalue weighted by Crippen LogP contribution is 2.25. The maximum absolute atomic E-state index is 10.6. The number of fused-ring (bicyclic) bond motifs is 1. The van der Waals surface area contributed by atoms with Crippen molar-refractivity contribution in [3.05, 3.63) is 17.0 Å². The van der Waals surface area contributed by atoms with E-state index in [0.717, 1.165) is 29.2 Å². The molecular formula is C7H8N2O2S. The minimum Gasteiger partial charge on any atom is -0.476 e. The number of aromatic carboxylic acids is 1. The van der Waals surface area contributed by atoms with Gasteiger partial charge in [0.2, 0.25) is 0 Å². The Labute approximate surface area is 73.4 Å². The highest BCUT2D eigenvalue weighted by Gasteiger charge is 2.20. The number of H-pyrrole nitrogens is 1. The Morgan fingerprint density at radius 2 is 2.50 bits per heavy atom. The van der Waals surface area contributed by atoms with Gasteiger partial charge in [0.25, 0.3) is 0 Å². The molecule has 64 valence electrons. The highest BCUT2D eigenvalue weighted by atomic mass is 32.2. The molecule has 0 aliphatic carbocycles. The van der Waals surface area contributed by atoms with Crippen molar-refractivity contribution in [1.82, 2.24) is 10.2 Å². The van der Waals surface area contributed by atoms with E-state index in [2.05, 4.69) is 10.2 Å². The monoisotopic (exact) mass is 184 g/mol. The molecule has 0 aromatic carbocycles. The topological polar surface area (TPSA) is 66.0 Å². The van der Waals surface area contributed by atoms with Crippen molar-refractivity contribution in [2.45, 2.75) is 12.2 Å². The Morgan fingerprint density at radius 3 is 3.25 bits per heavy atom. The van der Waals surface area contributed by atoms with Gasteiger partial charge < -0.3 is 5.11 Å². The van der Waals surface area contributed by atoms with Gasteiger partial charge in [-0.1, -0.05) is 0 Å². The summed E-state index contributed by atoms with van der Waals surface area (Å²) in [6.45, 7) is 0. The lowest BCUT2D eigenvalue weighted by atomic mass is 10.1. The van der Waals surface area contributed by atoms with Crippen LogP contribution in [0.5, 0.6) is 0 Å². The van der Waals surface area contributed by atoms with Crippen molar-refractivity contribution in [2.24, 2.45) is 0 Å². The first kappa shape index (κ1) is 7.67. The van der Waals surface area contributed by atoms with E-state index in [0.29, 0.717) is 0 Å². The molecule has 2 N–H and O–H groups in total. The average molecular weight is 184 g/mol.